The molecule has 2 aromatic carbocycles. The number of nitrogens with zero attached hydrogens (tertiary/aromatic N) is 1. The molecule has 3 rings (SSSR count). The zero-order chi connectivity index (χ0) is 16.8. The van der Waals surface area contributed by atoms with Gasteiger partial charge in [0.25, 0.3) is 0 Å². The maximum atomic E-state index is 5.98. The van der Waals surface area contributed by atoms with Crippen molar-refractivity contribution in [1.29, 1.82) is 0 Å². The molecule has 0 saturated carbocycles. The molecule has 0 aliphatic heterocycles. The number of halogens is 1. The minimum Gasteiger partial charge on any atom is -0.493 e. The van der Waals surface area contributed by atoms with Gasteiger partial charge < -0.3 is 4.74 Å². The number of para-hydroxylation sites is 1. The third kappa shape index (κ3) is 4.37. The fourth-order valence-electron chi connectivity index (χ4n) is 2.46. The fourth-order valence-corrected chi connectivity index (χ4v) is 3.44. The zero-order valence-electron chi connectivity index (χ0n) is 13.6. The highest BCUT2D eigenvalue weighted by atomic mass is 35.5. The Morgan fingerprint density at radius 2 is 1.83 bits per heavy atom. The highest BCUT2D eigenvalue weighted by Gasteiger charge is 2.11. The first kappa shape index (κ1) is 17.0. The summed E-state index contributed by atoms with van der Waals surface area (Å²) in [6.07, 6.45) is 1.91. The Bertz CT molecular complexity index is 770. The topological polar surface area (TPSA) is 22.1 Å². The lowest BCUT2D eigenvalue weighted by molar-refractivity contribution is 0.308. The van der Waals surface area contributed by atoms with E-state index in [9.17, 15) is 0 Å². The highest BCUT2D eigenvalue weighted by molar-refractivity contribution is 7.13. The summed E-state index contributed by atoms with van der Waals surface area (Å²) in [7, 11) is 0. The Hall–Kier alpha value is -1.84. The third-order valence-corrected chi connectivity index (χ3v) is 4.80. The lowest BCUT2D eigenvalue weighted by Gasteiger charge is -2.10. The molecule has 3 aromatic rings. The second-order valence-corrected chi connectivity index (χ2v) is 7.27. The van der Waals surface area contributed by atoms with E-state index in [0.717, 1.165) is 40.4 Å². The third-order valence-electron chi connectivity index (χ3n) is 3.69. The van der Waals surface area contributed by atoms with Gasteiger partial charge in [0.1, 0.15) is 10.8 Å². The summed E-state index contributed by atoms with van der Waals surface area (Å²) in [5.74, 6) is 0.879. The lowest BCUT2D eigenvalue weighted by Crippen LogP contribution is -2.01. The van der Waals surface area contributed by atoms with Crippen molar-refractivity contribution >= 4 is 22.9 Å². The first-order chi connectivity index (χ1) is 11.7. The summed E-state index contributed by atoms with van der Waals surface area (Å²) < 4.78 is 5.96. The second-order valence-electron chi connectivity index (χ2n) is 5.67. The van der Waals surface area contributed by atoms with Gasteiger partial charge in [0.15, 0.2) is 0 Å². The second kappa shape index (κ2) is 8.32. The summed E-state index contributed by atoms with van der Waals surface area (Å²) in [6.45, 7) is 2.68. The van der Waals surface area contributed by atoms with Crippen molar-refractivity contribution in [3.05, 3.63) is 60.0 Å². The smallest absolute Gasteiger partial charge is 0.128 e. The summed E-state index contributed by atoms with van der Waals surface area (Å²) in [4.78, 5) is 4.79. The maximum absolute atomic E-state index is 5.98. The largest absolute Gasteiger partial charge is 0.493 e. The van der Waals surface area contributed by atoms with Crippen LogP contribution in [0.4, 0.5) is 0 Å². The summed E-state index contributed by atoms with van der Waals surface area (Å²) >= 11 is 7.64. The first-order valence-corrected chi connectivity index (χ1v) is 9.43. The molecule has 1 heterocycles. The van der Waals surface area contributed by atoms with Gasteiger partial charge in [-0.3, -0.25) is 0 Å². The molecule has 1 aromatic heterocycles. The van der Waals surface area contributed by atoms with Crippen molar-refractivity contribution in [3.63, 3.8) is 0 Å². The SMILES string of the molecule is CC(Cl)CCCOc1ccccc1-c1csc(-c2ccccc2)n1. The summed E-state index contributed by atoms with van der Waals surface area (Å²) in [6, 6.07) is 18.3. The molecular formula is C20H20ClNOS. The van der Waals surface area contributed by atoms with Gasteiger partial charge in [0, 0.05) is 21.9 Å². The van der Waals surface area contributed by atoms with Crippen molar-refractivity contribution in [2.75, 3.05) is 6.61 Å². The fraction of sp³-hybridized carbons (Fsp3) is 0.250. The van der Waals surface area contributed by atoms with Crippen molar-refractivity contribution < 1.29 is 4.74 Å². The number of benzene rings is 2. The quantitative estimate of drug-likeness (QED) is 0.367. The molecule has 0 amide bonds. The van der Waals surface area contributed by atoms with E-state index >= 15 is 0 Å². The monoisotopic (exact) mass is 357 g/mol. The Morgan fingerprint density at radius 1 is 1.08 bits per heavy atom. The molecule has 0 saturated heterocycles. The van der Waals surface area contributed by atoms with Crippen LogP contribution in [0, 0.1) is 0 Å². The summed E-state index contributed by atoms with van der Waals surface area (Å²) in [5.41, 5.74) is 3.14. The number of hydrogen-bond donors (Lipinski definition) is 0. The predicted octanol–water partition coefficient (Wildman–Crippen LogP) is 6.26. The molecule has 124 valence electrons. The van der Waals surface area contributed by atoms with Gasteiger partial charge in [-0.15, -0.1) is 22.9 Å². The molecule has 1 unspecified atom stereocenters. The Morgan fingerprint density at radius 3 is 2.62 bits per heavy atom. The van der Waals surface area contributed by atoms with Gasteiger partial charge in [-0.05, 0) is 31.9 Å². The molecule has 0 bridgehead atoms. The van der Waals surface area contributed by atoms with Crippen molar-refractivity contribution in [3.8, 4) is 27.6 Å². The lowest BCUT2D eigenvalue weighted by atomic mass is 10.1. The molecule has 0 fully saturated rings. The average Bonchev–Trinajstić information content (AvgIpc) is 3.10. The molecular weight excluding hydrogens is 338 g/mol. The molecule has 0 spiro atoms. The van der Waals surface area contributed by atoms with Crippen molar-refractivity contribution in [1.82, 2.24) is 4.98 Å². The summed E-state index contributed by atoms with van der Waals surface area (Å²) in [5, 5.41) is 3.30. The first-order valence-electron chi connectivity index (χ1n) is 8.11. The maximum Gasteiger partial charge on any atom is 0.128 e. The molecule has 0 radical (unpaired) electrons. The minimum atomic E-state index is 0.191. The minimum absolute atomic E-state index is 0.191. The van der Waals surface area contributed by atoms with Crippen LogP contribution in [-0.4, -0.2) is 17.0 Å². The molecule has 1 atom stereocenters. The highest BCUT2D eigenvalue weighted by Crippen LogP contribution is 2.33. The van der Waals surface area contributed by atoms with E-state index in [1.165, 1.54) is 0 Å². The Balaban J connectivity index is 1.76. The van der Waals surface area contributed by atoms with Gasteiger partial charge in [-0.1, -0.05) is 42.5 Å². The molecule has 0 N–H and O–H groups in total. The molecule has 4 heteroatoms. The average molecular weight is 358 g/mol. The Labute approximate surface area is 152 Å². The number of aromatic nitrogens is 1. The standard InChI is InChI=1S/C20H20ClNOS/c1-15(21)8-7-13-23-19-12-6-5-11-17(19)18-14-24-20(22-18)16-9-3-2-4-10-16/h2-6,9-12,14-15H,7-8,13H2,1H3. The Kier molecular flexibility index (Phi) is 5.89. The van der Waals surface area contributed by atoms with Gasteiger partial charge in [0.2, 0.25) is 0 Å². The van der Waals surface area contributed by atoms with E-state index in [0.29, 0.717) is 6.61 Å². The predicted molar refractivity (Wildman–Crippen MR) is 103 cm³/mol. The van der Waals surface area contributed by atoms with Crippen LogP contribution in [0.25, 0.3) is 21.8 Å². The molecule has 0 aliphatic carbocycles. The van der Waals surface area contributed by atoms with Gasteiger partial charge >= 0.3 is 0 Å². The number of alkyl halides is 1. The van der Waals surface area contributed by atoms with Crippen LogP contribution in [0.5, 0.6) is 5.75 Å². The molecule has 2 nitrogen and oxygen atoms in total. The van der Waals surface area contributed by atoms with Crippen LogP contribution in [-0.2, 0) is 0 Å². The van der Waals surface area contributed by atoms with E-state index in [-0.39, 0.29) is 5.38 Å². The van der Waals surface area contributed by atoms with Crippen molar-refractivity contribution in [2.24, 2.45) is 0 Å². The van der Waals surface area contributed by atoms with E-state index < -0.39 is 0 Å². The number of hydrogen-bond acceptors (Lipinski definition) is 3. The van der Waals surface area contributed by atoms with Gasteiger partial charge in [-0.25, -0.2) is 4.98 Å². The normalized spacial score (nSPS) is 12.1. The number of ether oxygens (including phenoxy) is 1. The van der Waals surface area contributed by atoms with E-state index in [2.05, 4.69) is 23.6 Å². The van der Waals surface area contributed by atoms with Gasteiger partial charge in [-0.2, -0.15) is 0 Å². The number of thiazole rings is 1. The van der Waals surface area contributed by atoms with Crippen LogP contribution in [0.1, 0.15) is 19.8 Å². The van der Waals surface area contributed by atoms with E-state index in [1.54, 1.807) is 11.3 Å². The van der Waals surface area contributed by atoms with Crippen LogP contribution in [0.2, 0.25) is 0 Å². The van der Waals surface area contributed by atoms with Crippen LogP contribution in [0.3, 0.4) is 0 Å². The molecule has 0 aliphatic rings. The zero-order valence-corrected chi connectivity index (χ0v) is 15.2. The van der Waals surface area contributed by atoms with Gasteiger partial charge in [0.05, 0.1) is 12.3 Å². The molecule has 24 heavy (non-hydrogen) atoms. The van der Waals surface area contributed by atoms with E-state index in [4.69, 9.17) is 21.3 Å². The van der Waals surface area contributed by atoms with Crippen LogP contribution < -0.4 is 4.74 Å². The van der Waals surface area contributed by atoms with Crippen molar-refractivity contribution in [2.45, 2.75) is 25.1 Å². The van der Waals surface area contributed by atoms with Crippen LogP contribution in [0.15, 0.2) is 60.0 Å². The number of rotatable bonds is 7. The van der Waals surface area contributed by atoms with E-state index in [1.807, 2.05) is 43.3 Å². The van der Waals surface area contributed by atoms with Crippen LogP contribution >= 0.6 is 22.9 Å².